The second kappa shape index (κ2) is 8.32. The second-order valence-corrected chi connectivity index (χ2v) is 6.91. The van der Waals surface area contributed by atoms with Gasteiger partial charge in [-0.05, 0) is 54.6 Å². The molecule has 160 valence electrons. The summed E-state index contributed by atoms with van der Waals surface area (Å²) in [6.45, 7) is 0. The van der Waals surface area contributed by atoms with Crippen LogP contribution in [0.2, 0.25) is 0 Å². The van der Waals surface area contributed by atoms with E-state index in [1.807, 2.05) is 6.07 Å². The van der Waals surface area contributed by atoms with E-state index in [0.717, 1.165) is 0 Å². The number of hydrogen-bond acceptors (Lipinski definition) is 7. The fourth-order valence-electron chi connectivity index (χ4n) is 3.65. The molecule has 0 radical (unpaired) electrons. The number of hydrogen-bond donors (Lipinski definition) is 1. The number of benzene rings is 2. The summed E-state index contributed by atoms with van der Waals surface area (Å²) < 4.78 is 16.0. The van der Waals surface area contributed by atoms with Crippen LogP contribution in [0.1, 0.15) is 22.9 Å². The lowest BCUT2D eigenvalue weighted by Crippen LogP contribution is -2.29. The molecule has 1 amide bonds. The lowest BCUT2D eigenvalue weighted by atomic mass is 9.99. The van der Waals surface area contributed by atoms with Crippen molar-refractivity contribution in [3.8, 4) is 17.6 Å². The van der Waals surface area contributed by atoms with Crippen molar-refractivity contribution in [2.75, 3.05) is 19.1 Å². The zero-order chi connectivity index (χ0) is 22.8. The monoisotopic (exact) mass is 430 g/mol. The van der Waals surface area contributed by atoms with Crippen molar-refractivity contribution in [2.24, 2.45) is 0 Å². The molecule has 1 saturated heterocycles. The highest BCUT2D eigenvalue weighted by Gasteiger charge is 2.48. The van der Waals surface area contributed by atoms with Gasteiger partial charge in [0.15, 0.2) is 11.5 Å². The van der Waals surface area contributed by atoms with Crippen LogP contribution in [-0.2, 0) is 9.59 Å². The minimum absolute atomic E-state index is 0.124. The predicted molar refractivity (Wildman–Crippen MR) is 114 cm³/mol. The van der Waals surface area contributed by atoms with Gasteiger partial charge >= 0.3 is 0 Å². The second-order valence-electron chi connectivity index (χ2n) is 6.91. The molecule has 1 atom stereocenters. The molecule has 2 aromatic carbocycles. The molecule has 4 rings (SSSR count). The number of aliphatic hydroxyl groups excluding tert-OH is 1. The number of carbonyl (C=O) groups is 2. The Morgan fingerprint density at radius 3 is 2.38 bits per heavy atom. The molecule has 32 heavy (non-hydrogen) atoms. The van der Waals surface area contributed by atoms with Crippen molar-refractivity contribution in [1.82, 2.24) is 0 Å². The first-order valence-corrected chi connectivity index (χ1v) is 9.57. The number of amides is 1. The largest absolute Gasteiger partial charge is 0.507 e. The minimum atomic E-state index is -0.994. The van der Waals surface area contributed by atoms with Gasteiger partial charge in [0, 0.05) is 11.3 Å². The molecule has 3 aromatic rings. The molecular weight excluding hydrogens is 412 g/mol. The number of anilines is 1. The lowest BCUT2D eigenvalue weighted by Gasteiger charge is -2.23. The molecule has 1 fully saturated rings. The number of nitrogens with zero attached hydrogens (tertiary/aromatic N) is 2. The highest BCUT2D eigenvalue weighted by molar-refractivity contribution is 6.51. The van der Waals surface area contributed by atoms with Crippen LogP contribution in [-0.4, -0.2) is 31.0 Å². The van der Waals surface area contributed by atoms with Gasteiger partial charge in [0.05, 0.1) is 37.7 Å². The van der Waals surface area contributed by atoms with Gasteiger partial charge < -0.3 is 19.0 Å². The van der Waals surface area contributed by atoms with Gasteiger partial charge in [0.1, 0.15) is 17.6 Å². The molecule has 0 spiro atoms. The van der Waals surface area contributed by atoms with Crippen LogP contribution in [0.4, 0.5) is 5.69 Å². The maximum absolute atomic E-state index is 13.1. The van der Waals surface area contributed by atoms with E-state index < -0.39 is 17.7 Å². The van der Waals surface area contributed by atoms with Crippen molar-refractivity contribution in [3.05, 3.63) is 83.3 Å². The van der Waals surface area contributed by atoms with Crippen LogP contribution in [0.25, 0.3) is 5.76 Å². The Balaban J connectivity index is 1.89. The van der Waals surface area contributed by atoms with E-state index in [4.69, 9.17) is 19.2 Å². The zero-order valence-corrected chi connectivity index (χ0v) is 17.2. The SMILES string of the molecule is COc1ccc(/C(O)=C2/C(=O)C(=O)N(c3ccc(C#N)cc3)C2c2ccco2)cc1OC. The molecule has 2 heterocycles. The Labute approximate surface area is 183 Å². The van der Waals surface area contributed by atoms with E-state index in [2.05, 4.69) is 0 Å². The molecule has 1 aromatic heterocycles. The molecule has 8 heteroatoms. The maximum Gasteiger partial charge on any atom is 0.300 e. The quantitative estimate of drug-likeness (QED) is 0.372. The fraction of sp³-hybridized carbons (Fsp3) is 0.125. The molecule has 0 bridgehead atoms. The van der Waals surface area contributed by atoms with Gasteiger partial charge in [-0.25, -0.2) is 0 Å². The first kappa shape index (κ1) is 20.8. The van der Waals surface area contributed by atoms with Crippen LogP contribution in [0.3, 0.4) is 0 Å². The van der Waals surface area contributed by atoms with E-state index in [-0.39, 0.29) is 16.9 Å². The van der Waals surface area contributed by atoms with Crippen molar-refractivity contribution < 1.29 is 28.6 Å². The average Bonchev–Trinajstić information content (AvgIpc) is 3.45. The third-order valence-electron chi connectivity index (χ3n) is 5.19. The number of Topliss-reactive ketones (excluding diaryl/α,β-unsaturated/α-hetero) is 1. The summed E-state index contributed by atoms with van der Waals surface area (Å²) in [6, 6.07) is 15.2. The molecule has 1 aliphatic heterocycles. The van der Waals surface area contributed by atoms with Gasteiger partial charge in [-0.1, -0.05) is 0 Å². The summed E-state index contributed by atoms with van der Waals surface area (Å²) in [7, 11) is 2.94. The number of ketones is 1. The van der Waals surface area contributed by atoms with Gasteiger partial charge in [0.25, 0.3) is 11.7 Å². The number of nitriles is 1. The lowest BCUT2D eigenvalue weighted by molar-refractivity contribution is -0.132. The van der Waals surface area contributed by atoms with Gasteiger partial charge in [-0.15, -0.1) is 0 Å². The minimum Gasteiger partial charge on any atom is -0.507 e. The standard InChI is InChI=1S/C24H18N2O6/c1-30-17-10-7-15(12-19(17)31-2)22(27)20-21(18-4-3-11-32-18)26(24(29)23(20)28)16-8-5-14(13-25)6-9-16/h3-12,21,27H,1-2H3/b22-20-. The number of carbonyl (C=O) groups excluding carboxylic acids is 2. The molecular formula is C24H18N2O6. The summed E-state index contributed by atoms with van der Waals surface area (Å²) in [6.07, 6.45) is 1.42. The first-order valence-electron chi connectivity index (χ1n) is 9.57. The van der Waals surface area contributed by atoms with Crippen molar-refractivity contribution in [3.63, 3.8) is 0 Å². The van der Waals surface area contributed by atoms with E-state index in [1.165, 1.54) is 31.4 Å². The Morgan fingerprint density at radius 2 is 1.78 bits per heavy atom. The van der Waals surface area contributed by atoms with Crippen LogP contribution in [0.15, 0.2) is 70.9 Å². The topological polar surface area (TPSA) is 113 Å². The Morgan fingerprint density at radius 1 is 1.06 bits per heavy atom. The average molecular weight is 430 g/mol. The van der Waals surface area contributed by atoms with Crippen LogP contribution in [0.5, 0.6) is 11.5 Å². The molecule has 8 nitrogen and oxygen atoms in total. The molecule has 0 saturated carbocycles. The zero-order valence-electron chi connectivity index (χ0n) is 17.2. The number of rotatable bonds is 5. The maximum atomic E-state index is 13.1. The summed E-state index contributed by atoms with van der Waals surface area (Å²) in [5.74, 6) is -0.948. The van der Waals surface area contributed by atoms with Gasteiger partial charge in [-0.3, -0.25) is 14.5 Å². The fourth-order valence-corrected chi connectivity index (χ4v) is 3.65. The van der Waals surface area contributed by atoms with Crippen LogP contribution >= 0.6 is 0 Å². The number of ether oxygens (including phenoxy) is 2. The molecule has 0 aliphatic carbocycles. The smallest absolute Gasteiger partial charge is 0.300 e. The van der Waals surface area contributed by atoms with Gasteiger partial charge in [-0.2, -0.15) is 5.26 Å². The normalized spacial score (nSPS) is 17.3. The number of aliphatic hydroxyl groups is 1. The molecule has 1 unspecified atom stereocenters. The Kier molecular flexibility index (Phi) is 5.39. The number of methoxy groups -OCH3 is 2. The van der Waals surface area contributed by atoms with Crippen LogP contribution < -0.4 is 14.4 Å². The van der Waals surface area contributed by atoms with E-state index in [0.29, 0.717) is 28.5 Å². The van der Waals surface area contributed by atoms with Crippen molar-refractivity contribution >= 4 is 23.1 Å². The van der Waals surface area contributed by atoms with Crippen LogP contribution in [0, 0.1) is 11.3 Å². The van der Waals surface area contributed by atoms with E-state index in [1.54, 1.807) is 48.5 Å². The summed E-state index contributed by atoms with van der Waals surface area (Å²) >= 11 is 0. The van der Waals surface area contributed by atoms with Crippen molar-refractivity contribution in [1.29, 1.82) is 5.26 Å². The van der Waals surface area contributed by atoms with E-state index in [9.17, 15) is 14.7 Å². The third-order valence-corrected chi connectivity index (χ3v) is 5.19. The van der Waals surface area contributed by atoms with Gasteiger partial charge in [0.2, 0.25) is 0 Å². The highest BCUT2D eigenvalue weighted by Crippen LogP contribution is 2.43. The van der Waals surface area contributed by atoms with E-state index >= 15 is 0 Å². The Hall–Kier alpha value is -4.51. The molecule has 1 N–H and O–H groups in total. The number of furan rings is 1. The third kappa shape index (κ3) is 3.36. The first-order chi connectivity index (χ1) is 15.5. The van der Waals surface area contributed by atoms with Crippen molar-refractivity contribution in [2.45, 2.75) is 6.04 Å². The summed E-state index contributed by atoms with van der Waals surface area (Å²) in [5.41, 5.74) is 0.947. The Bertz CT molecular complexity index is 1250. The predicted octanol–water partition coefficient (Wildman–Crippen LogP) is 3.79. The summed E-state index contributed by atoms with van der Waals surface area (Å²) in [4.78, 5) is 27.3. The highest BCUT2D eigenvalue weighted by atomic mass is 16.5. The molecule has 1 aliphatic rings. The summed E-state index contributed by atoms with van der Waals surface area (Å²) in [5, 5.41) is 20.2.